The predicted molar refractivity (Wildman–Crippen MR) is 100 cm³/mol. The number of aryl methyl sites for hydroxylation is 2. The Kier molecular flexibility index (Phi) is 5.82. The van der Waals surface area contributed by atoms with E-state index in [0.717, 1.165) is 10.7 Å². The molecule has 0 unspecified atom stereocenters. The van der Waals surface area contributed by atoms with Crippen LogP contribution in [0.4, 0.5) is 4.79 Å². The van der Waals surface area contributed by atoms with Crippen molar-refractivity contribution in [3.63, 3.8) is 0 Å². The normalized spacial score (nSPS) is 20.3. The van der Waals surface area contributed by atoms with Gasteiger partial charge in [0.1, 0.15) is 5.01 Å². The molecule has 2 aliphatic heterocycles. The van der Waals surface area contributed by atoms with Crippen molar-refractivity contribution >= 4 is 23.3 Å². The van der Waals surface area contributed by atoms with Gasteiger partial charge in [-0.25, -0.2) is 9.78 Å². The first-order valence-electron chi connectivity index (χ1n) is 9.30. The highest BCUT2D eigenvalue weighted by molar-refractivity contribution is 7.11. The summed E-state index contributed by atoms with van der Waals surface area (Å²) in [7, 11) is 0. The third kappa shape index (κ3) is 4.17. The first kappa shape index (κ1) is 19.1. The molecule has 1 aromatic rings. The van der Waals surface area contributed by atoms with Crippen LogP contribution < -0.4 is 5.32 Å². The highest BCUT2D eigenvalue weighted by atomic mass is 32.1. The first-order chi connectivity index (χ1) is 12.4. The van der Waals surface area contributed by atoms with Gasteiger partial charge < -0.3 is 19.9 Å². The van der Waals surface area contributed by atoms with Crippen LogP contribution in [0.5, 0.6) is 0 Å². The molecule has 3 heterocycles. The fourth-order valence-corrected chi connectivity index (χ4v) is 4.52. The molecule has 0 saturated carbocycles. The number of carbonyl (C=O) groups excluding carboxylic acids is 2. The third-order valence-corrected chi connectivity index (χ3v) is 6.34. The number of ether oxygens (including phenoxy) is 1. The van der Waals surface area contributed by atoms with Crippen LogP contribution in [0.15, 0.2) is 0 Å². The number of nitrogens with one attached hydrogen (secondary N) is 1. The molecule has 2 aliphatic rings. The van der Waals surface area contributed by atoms with E-state index in [0.29, 0.717) is 58.6 Å². The molecule has 0 atom stereocenters. The van der Waals surface area contributed by atoms with Crippen molar-refractivity contribution in [3.05, 3.63) is 15.6 Å². The highest BCUT2D eigenvalue weighted by Gasteiger charge is 2.41. The minimum Gasteiger partial charge on any atom is -0.372 e. The monoisotopic (exact) mass is 380 g/mol. The Hall–Kier alpha value is -1.67. The molecule has 26 heavy (non-hydrogen) atoms. The Morgan fingerprint density at radius 3 is 2.65 bits per heavy atom. The van der Waals surface area contributed by atoms with Gasteiger partial charge >= 0.3 is 6.03 Å². The van der Waals surface area contributed by atoms with Crippen molar-refractivity contribution < 1.29 is 14.3 Å². The number of likely N-dealkylation sites (tertiary alicyclic amines) is 1. The van der Waals surface area contributed by atoms with Gasteiger partial charge in [0.05, 0.1) is 30.9 Å². The Balaban J connectivity index is 1.60. The summed E-state index contributed by atoms with van der Waals surface area (Å²) in [5.41, 5.74) is 0.613. The van der Waals surface area contributed by atoms with Gasteiger partial charge in [-0.2, -0.15) is 0 Å². The lowest BCUT2D eigenvalue weighted by molar-refractivity contribution is -0.135. The van der Waals surface area contributed by atoms with Crippen LogP contribution in [-0.4, -0.2) is 65.1 Å². The number of amides is 3. The third-order valence-electron chi connectivity index (χ3n) is 5.28. The molecule has 0 aromatic carbocycles. The number of hydrogen-bond donors (Lipinski definition) is 1. The van der Waals surface area contributed by atoms with Crippen LogP contribution in [0.2, 0.25) is 0 Å². The van der Waals surface area contributed by atoms with Gasteiger partial charge in [-0.3, -0.25) is 4.79 Å². The van der Waals surface area contributed by atoms with E-state index in [1.54, 1.807) is 11.3 Å². The maximum Gasteiger partial charge on any atom is 0.317 e. The lowest BCUT2D eigenvalue weighted by Gasteiger charge is -2.40. The van der Waals surface area contributed by atoms with Gasteiger partial charge in [-0.1, -0.05) is 0 Å². The Morgan fingerprint density at radius 1 is 1.31 bits per heavy atom. The van der Waals surface area contributed by atoms with E-state index in [4.69, 9.17) is 4.74 Å². The average molecular weight is 381 g/mol. The number of hydrogen-bond acceptors (Lipinski definition) is 5. The van der Waals surface area contributed by atoms with Crippen LogP contribution in [0.3, 0.4) is 0 Å². The van der Waals surface area contributed by atoms with Gasteiger partial charge in [0.25, 0.3) is 0 Å². The smallest absolute Gasteiger partial charge is 0.317 e. The summed E-state index contributed by atoms with van der Waals surface area (Å²) in [6.07, 6.45) is 1.80. The maximum atomic E-state index is 12.8. The molecule has 144 valence electrons. The van der Waals surface area contributed by atoms with Crippen LogP contribution in [0.25, 0.3) is 0 Å². The number of nitrogens with zero attached hydrogens (tertiary/aromatic N) is 3. The molecule has 3 amide bonds. The van der Waals surface area contributed by atoms with Gasteiger partial charge in [-0.05, 0) is 33.6 Å². The van der Waals surface area contributed by atoms with E-state index in [2.05, 4.69) is 17.2 Å². The van der Waals surface area contributed by atoms with Crippen molar-refractivity contribution in [2.75, 3.05) is 32.8 Å². The van der Waals surface area contributed by atoms with Crippen molar-refractivity contribution in [3.8, 4) is 0 Å². The lowest BCUT2D eigenvalue weighted by Crippen LogP contribution is -2.51. The number of thiazole rings is 1. The zero-order valence-electron chi connectivity index (χ0n) is 15.8. The van der Waals surface area contributed by atoms with Gasteiger partial charge in [0.2, 0.25) is 5.91 Å². The second-order valence-corrected chi connectivity index (χ2v) is 8.38. The van der Waals surface area contributed by atoms with Crippen LogP contribution in [-0.2, 0) is 16.1 Å². The summed E-state index contributed by atoms with van der Waals surface area (Å²) in [5.74, 6) is 0.125. The van der Waals surface area contributed by atoms with Gasteiger partial charge in [0, 0.05) is 31.1 Å². The predicted octanol–water partition coefficient (Wildman–Crippen LogP) is 2.07. The van der Waals surface area contributed by atoms with Crippen molar-refractivity contribution in [2.45, 2.75) is 52.2 Å². The molecule has 1 aromatic heterocycles. The quantitative estimate of drug-likeness (QED) is 0.871. The summed E-state index contributed by atoms with van der Waals surface area (Å²) in [6, 6.07) is -0.0292. The minimum atomic E-state index is -0.427. The number of carbonyl (C=O) groups is 2. The first-order valence-corrected chi connectivity index (χ1v) is 10.1. The molecule has 0 bridgehead atoms. The van der Waals surface area contributed by atoms with Crippen LogP contribution >= 0.6 is 11.3 Å². The topological polar surface area (TPSA) is 74.8 Å². The Morgan fingerprint density at radius 2 is 2.04 bits per heavy atom. The van der Waals surface area contributed by atoms with E-state index in [9.17, 15) is 9.59 Å². The Labute approximate surface area is 158 Å². The molecule has 8 heteroatoms. The Bertz CT molecular complexity index is 648. The summed E-state index contributed by atoms with van der Waals surface area (Å²) in [5, 5.41) is 3.82. The SMILES string of the molecule is CCNC(=O)N1CCC2(CC1)CC(=O)N(Cc1nc(C)c(C)s1)CCO2. The van der Waals surface area contributed by atoms with Crippen LogP contribution in [0, 0.1) is 13.8 Å². The van der Waals surface area contributed by atoms with Gasteiger partial charge in [0.15, 0.2) is 0 Å². The van der Waals surface area contributed by atoms with Crippen molar-refractivity contribution in [1.82, 2.24) is 20.1 Å². The molecule has 0 radical (unpaired) electrons. The molecule has 3 rings (SSSR count). The summed E-state index contributed by atoms with van der Waals surface area (Å²) in [4.78, 5) is 34.2. The van der Waals surface area contributed by atoms with E-state index in [1.165, 1.54) is 4.88 Å². The molecule has 1 spiro atoms. The van der Waals surface area contributed by atoms with Crippen molar-refractivity contribution in [2.24, 2.45) is 0 Å². The molecular formula is C18H28N4O3S. The maximum absolute atomic E-state index is 12.8. The number of piperidine rings is 1. The summed E-state index contributed by atoms with van der Waals surface area (Å²) < 4.78 is 6.15. The van der Waals surface area contributed by atoms with E-state index >= 15 is 0 Å². The second-order valence-electron chi connectivity index (χ2n) is 7.10. The molecule has 2 saturated heterocycles. The summed E-state index contributed by atoms with van der Waals surface area (Å²) in [6.45, 7) is 9.54. The minimum absolute atomic E-state index is 0.0292. The molecule has 0 aliphatic carbocycles. The van der Waals surface area contributed by atoms with Crippen molar-refractivity contribution in [1.29, 1.82) is 0 Å². The van der Waals surface area contributed by atoms with E-state index in [-0.39, 0.29) is 11.9 Å². The average Bonchev–Trinajstić information content (AvgIpc) is 2.84. The molecular weight excluding hydrogens is 352 g/mol. The van der Waals surface area contributed by atoms with Gasteiger partial charge in [-0.15, -0.1) is 11.3 Å². The number of rotatable bonds is 3. The molecule has 1 N–H and O–H groups in total. The lowest BCUT2D eigenvalue weighted by atomic mass is 9.87. The van der Waals surface area contributed by atoms with E-state index < -0.39 is 5.60 Å². The zero-order chi connectivity index (χ0) is 18.7. The zero-order valence-corrected chi connectivity index (χ0v) is 16.7. The fourth-order valence-electron chi connectivity index (χ4n) is 3.57. The molecule has 2 fully saturated rings. The second kappa shape index (κ2) is 7.92. The fraction of sp³-hybridized carbons (Fsp3) is 0.722. The molecule has 7 nitrogen and oxygen atoms in total. The number of aromatic nitrogens is 1. The standard InChI is InChI=1S/C18H28N4O3S/c1-4-19-17(24)21-7-5-18(6-8-21)11-16(23)22(9-10-25-18)12-15-20-13(2)14(3)26-15/h4-12H2,1-3H3,(H,19,24). The summed E-state index contributed by atoms with van der Waals surface area (Å²) >= 11 is 1.66. The highest BCUT2D eigenvalue weighted by Crippen LogP contribution is 2.33. The van der Waals surface area contributed by atoms with E-state index in [1.807, 2.05) is 23.6 Å². The largest absolute Gasteiger partial charge is 0.372 e. The number of urea groups is 1. The van der Waals surface area contributed by atoms with Crippen LogP contribution in [0.1, 0.15) is 41.8 Å².